The van der Waals surface area contributed by atoms with Gasteiger partial charge in [-0.1, -0.05) is 43.6 Å². The molecule has 1 aromatic carbocycles. The summed E-state index contributed by atoms with van der Waals surface area (Å²) in [5.74, 6) is -0.238. The van der Waals surface area contributed by atoms with Gasteiger partial charge in [-0.05, 0) is 86.8 Å². The second kappa shape index (κ2) is 8.12. The Kier molecular flexibility index (Phi) is 7.05. The van der Waals surface area contributed by atoms with Crippen molar-refractivity contribution in [2.45, 2.75) is 101 Å². The van der Waals surface area contributed by atoms with E-state index in [2.05, 4.69) is 56.7 Å². The number of hydrogen-bond donors (Lipinski definition) is 1. The fourth-order valence-corrected chi connectivity index (χ4v) is 6.57. The molecule has 0 heterocycles. The van der Waals surface area contributed by atoms with Crippen LogP contribution < -0.4 is 5.14 Å². The van der Waals surface area contributed by atoms with Gasteiger partial charge in [-0.25, -0.2) is 8.60 Å². The molecule has 0 saturated heterocycles. The molecule has 1 aliphatic rings. The molecular weight excluding hydrogens is 469 g/mol. The van der Waals surface area contributed by atoms with E-state index in [9.17, 15) is 4.21 Å². The standard InChI is InChI=1S/C22H37BrFNO2SSi/c1-19(2,3)29(7,8)27-22(11-12-22)15-21(6,14-20(4,5)28(25)26)17-13-16(23)9-10-18(17)24/h9-10,13H,11-12,14-15,25H2,1-8H3/t21-,28?/m1/s1. The van der Waals surface area contributed by atoms with Crippen molar-refractivity contribution in [2.24, 2.45) is 5.14 Å². The highest BCUT2D eigenvalue weighted by Gasteiger charge is 2.55. The van der Waals surface area contributed by atoms with E-state index >= 15 is 4.39 Å². The Morgan fingerprint density at radius 2 is 1.76 bits per heavy atom. The summed E-state index contributed by atoms with van der Waals surface area (Å²) < 4.78 is 34.3. The molecule has 1 fully saturated rings. The zero-order chi connectivity index (χ0) is 22.5. The molecular formula is C22H37BrFNO2SSi. The Labute approximate surface area is 188 Å². The third-order valence-corrected chi connectivity index (χ3v) is 13.0. The summed E-state index contributed by atoms with van der Waals surface area (Å²) >= 11 is 3.49. The van der Waals surface area contributed by atoms with Crippen LogP contribution >= 0.6 is 15.9 Å². The molecule has 29 heavy (non-hydrogen) atoms. The molecule has 0 amide bonds. The number of benzene rings is 1. The summed E-state index contributed by atoms with van der Waals surface area (Å²) in [5, 5.41) is 5.92. The number of halogens is 2. The van der Waals surface area contributed by atoms with Gasteiger partial charge < -0.3 is 4.43 Å². The molecule has 1 saturated carbocycles. The van der Waals surface area contributed by atoms with Gasteiger partial charge in [0, 0.05) is 4.47 Å². The van der Waals surface area contributed by atoms with Crippen molar-refractivity contribution in [3.8, 4) is 0 Å². The molecule has 1 aromatic rings. The smallest absolute Gasteiger partial charge is 0.192 e. The third kappa shape index (κ3) is 5.79. The molecule has 166 valence electrons. The molecule has 0 aromatic heterocycles. The van der Waals surface area contributed by atoms with Crippen LogP contribution in [0.1, 0.15) is 72.8 Å². The van der Waals surface area contributed by atoms with Gasteiger partial charge in [-0.15, -0.1) is 0 Å². The summed E-state index contributed by atoms with van der Waals surface area (Å²) in [4.78, 5) is 0. The third-order valence-electron chi connectivity index (χ3n) is 6.74. The number of hydrogen-bond acceptors (Lipinski definition) is 2. The maximum atomic E-state index is 15.0. The van der Waals surface area contributed by atoms with Gasteiger partial charge in [-0.3, -0.25) is 5.14 Å². The summed E-state index contributed by atoms with van der Waals surface area (Å²) in [7, 11) is -3.49. The van der Waals surface area contributed by atoms with Crippen LogP contribution in [0.3, 0.4) is 0 Å². The first-order chi connectivity index (χ1) is 12.9. The van der Waals surface area contributed by atoms with E-state index in [1.54, 1.807) is 6.07 Å². The van der Waals surface area contributed by atoms with Crippen LogP contribution in [-0.2, 0) is 20.8 Å². The molecule has 0 aliphatic heterocycles. The normalized spacial score (nSPS) is 20.2. The van der Waals surface area contributed by atoms with Crippen molar-refractivity contribution in [2.75, 3.05) is 0 Å². The monoisotopic (exact) mass is 505 g/mol. The predicted octanol–water partition coefficient (Wildman–Crippen LogP) is 6.58. The quantitative estimate of drug-likeness (QED) is 0.405. The fraction of sp³-hybridized carbons (Fsp3) is 0.727. The minimum absolute atomic E-state index is 0.109. The molecule has 1 aliphatic carbocycles. The Hall–Kier alpha value is -0.0831. The van der Waals surface area contributed by atoms with E-state index < -0.39 is 29.5 Å². The first-order valence-corrected chi connectivity index (χ1v) is 15.2. The lowest BCUT2D eigenvalue weighted by atomic mass is 9.71. The Balaban J connectivity index is 2.46. The van der Waals surface area contributed by atoms with Gasteiger partial charge in [0.05, 0.1) is 21.3 Å². The molecule has 2 rings (SSSR count). The van der Waals surface area contributed by atoms with Crippen LogP contribution in [0.15, 0.2) is 22.7 Å². The van der Waals surface area contributed by atoms with Crippen LogP contribution in [0.25, 0.3) is 0 Å². The van der Waals surface area contributed by atoms with E-state index in [0.29, 0.717) is 18.4 Å². The van der Waals surface area contributed by atoms with Crippen molar-refractivity contribution < 1.29 is 13.0 Å². The molecule has 2 atom stereocenters. The highest BCUT2D eigenvalue weighted by Crippen LogP contribution is 2.55. The molecule has 3 nitrogen and oxygen atoms in total. The lowest BCUT2D eigenvalue weighted by molar-refractivity contribution is 0.112. The van der Waals surface area contributed by atoms with Crippen molar-refractivity contribution in [1.82, 2.24) is 0 Å². The first kappa shape index (κ1) is 25.2. The number of nitrogens with two attached hydrogens (primary N) is 1. The minimum Gasteiger partial charge on any atom is -0.411 e. The average Bonchev–Trinajstić information content (AvgIpc) is 3.25. The Morgan fingerprint density at radius 3 is 2.21 bits per heavy atom. The summed E-state index contributed by atoms with van der Waals surface area (Å²) in [6.07, 6.45) is 3.17. The second-order valence-corrected chi connectivity index (χ2v) is 18.5. The fourth-order valence-electron chi connectivity index (χ4n) is 4.08. The molecule has 0 spiro atoms. The lowest BCUT2D eigenvalue weighted by Crippen LogP contribution is -2.48. The van der Waals surface area contributed by atoms with Crippen LogP contribution in [0.2, 0.25) is 18.1 Å². The second-order valence-electron chi connectivity index (χ2n) is 11.1. The summed E-state index contributed by atoms with van der Waals surface area (Å²) in [6.45, 7) is 17.1. The minimum atomic E-state index is -1.97. The van der Waals surface area contributed by atoms with E-state index in [-0.39, 0.29) is 16.5 Å². The SMILES string of the molecule is CC(C)(C[C@](C)(CC1(O[Si](C)(C)C(C)(C)C)CC1)c1cc(Br)ccc1F)S(N)=O. The van der Waals surface area contributed by atoms with Gasteiger partial charge in [0.2, 0.25) is 0 Å². The zero-order valence-electron chi connectivity index (χ0n) is 19.1. The maximum Gasteiger partial charge on any atom is 0.192 e. The molecule has 1 unspecified atom stereocenters. The lowest BCUT2D eigenvalue weighted by Gasteiger charge is -2.44. The maximum absolute atomic E-state index is 15.0. The van der Waals surface area contributed by atoms with Gasteiger partial charge in [-0.2, -0.15) is 0 Å². The van der Waals surface area contributed by atoms with E-state index in [1.807, 2.05) is 19.9 Å². The summed E-state index contributed by atoms with van der Waals surface area (Å²) in [6, 6.07) is 5.07. The van der Waals surface area contributed by atoms with E-state index in [1.165, 1.54) is 6.07 Å². The van der Waals surface area contributed by atoms with Gasteiger partial charge >= 0.3 is 0 Å². The van der Waals surface area contributed by atoms with Crippen molar-refractivity contribution in [3.05, 3.63) is 34.1 Å². The Bertz CT molecular complexity index is 790. The van der Waals surface area contributed by atoms with Crippen LogP contribution in [-0.4, -0.2) is 22.9 Å². The number of rotatable bonds is 8. The van der Waals surface area contributed by atoms with Crippen LogP contribution in [0, 0.1) is 5.82 Å². The van der Waals surface area contributed by atoms with E-state index in [0.717, 1.165) is 17.3 Å². The topological polar surface area (TPSA) is 52.3 Å². The van der Waals surface area contributed by atoms with Crippen LogP contribution in [0.4, 0.5) is 4.39 Å². The molecule has 7 heteroatoms. The molecule has 0 radical (unpaired) electrons. The largest absolute Gasteiger partial charge is 0.411 e. The van der Waals surface area contributed by atoms with Gasteiger partial charge in [0.15, 0.2) is 8.32 Å². The first-order valence-electron chi connectivity index (χ1n) is 10.3. The highest BCUT2D eigenvalue weighted by molar-refractivity contribution is 9.10. The van der Waals surface area contributed by atoms with Gasteiger partial charge in [0.25, 0.3) is 0 Å². The van der Waals surface area contributed by atoms with Crippen molar-refractivity contribution >= 4 is 35.2 Å². The van der Waals surface area contributed by atoms with Crippen molar-refractivity contribution in [1.29, 1.82) is 0 Å². The van der Waals surface area contributed by atoms with Crippen molar-refractivity contribution in [3.63, 3.8) is 0 Å². The highest BCUT2D eigenvalue weighted by atomic mass is 79.9. The van der Waals surface area contributed by atoms with Crippen LogP contribution in [0.5, 0.6) is 0 Å². The zero-order valence-corrected chi connectivity index (χ0v) is 22.5. The average molecular weight is 507 g/mol. The van der Waals surface area contributed by atoms with Gasteiger partial charge in [0.1, 0.15) is 5.82 Å². The predicted molar refractivity (Wildman–Crippen MR) is 127 cm³/mol. The Morgan fingerprint density at radius 1 is 1.21 bits per heavy atom. The molecule has 0 bridgehead atoms. The molecule has 2 N–H and O–H groups in total. The van der Waals surface area contributed by atoms with E-state index in [4.69, 9.17) is 9.56 Å². The summed E-state index contributed by atoms with van der Waals surface area (Å²) in [5.41, 5.74) is -0.153.